The number of hydrogen-bond acceptors (Lipinski definition) is 11. The van der Waals surface area contributed by atoms with Crippen molar-refractivity contribution >= 4 is 41.0 Å². The van der Waals surface area contributed by atoms with Crippen LogP contribution in [0.25, 0.3) is 11.3 Å². The van der Waals surface area contributed by atoms with E-state index in [1.165, 1.54) is 0 Å². The van der Waals surface area contributed by atoms with Crippen LogP contribution in [0.3, 0.4) is 0 Å². The van der Waals surface area contributed by atoms with Crippen LogP contribution in [0.2, 0.25) is 0 Å². The zero-order chi connectivity index (χ0) is 35.9. The van der Waals surface area contributed by atoms with Gasteiger partial charge in [0.1, 0.15) is 17.5 Å². The molecular formula is C37H37N7O7. The van der Waals surface area contributed by atoms with E-state index in [-0.39, 0.29) is 41.4 Å². The summed E-state index contributed by atoms with van der Waals surface area (Å²) >= 11 is 0. The summed E-state index contributed by atoms with van der Waals surface area (Å²) in [7, 11) is 0. The van der Waals surface area contributed by atoms with Crippen molar-refractivity contribution in [1.82, 2.24) is 25.7 Å². The quantitative estimate of drug-likeness (QED) is 0.0956. The molecule has 0 aliphatic carbocycles. The van der Waals surface area contributed by atoms with Crippen molar-refractivity contribution in [3.63, 3.8) is 0 Å². The van der Waals surface area contributed by atoms with Gasteiger partial charge in [0.15, 0.2) is 11.6 Å². The standard InChI is InChI=1S/C37H37N7O7/c38-33-31(21-28(42-43-33)26-6-2-3-7-30(26)45)51-19-16-22-8-10-23(11-9-22)34(47)40-18-5-1-4-17-39-24-12-13-25-27(20-24)37(50)44(36(25)49)29-14-15-32(46)41-35(29)48/h2-3,6-13,20-21,29,39,45H,1,4-5,14-19H2,(H2,38,43)(H,40,47)(H,41,46,48). The summed E-state index contributed by atoms with van der Waals surface area (Å²) in [4.78, 5) is 63.3. The molecule has 2 aliphatic rings. The predicted molar refractivity (Wildman–Crippen MR) is 187 cm³/mol. The molecule has 0 spiro atoms. The molecule has 5 amide bonds. The average Bonchev–Trinajstić information content (AvgIpc) is 3.37. The second-order valence-electron chi connectivity index (χ2n) is 12.2. The third-order valence-corrected chi connectivity index (χ3v) is 8.74. The first-order valence-corrected chi connectivity index (χ1v) is 16.7. The second-order valence-corrected chi connectivity index (χ2v) is 12.2. The Labute approximate surface area is 293 Å². The van der Waals surface area contributed by atoms with Crippen molar-refractivity contribution in [3.05, 3.63) is 95.1 Å². The molecule has 6 rings (SSSR count). The van der Waals surface area contributed by atoms with Gasteiger partial charge in [-0.1, -0.05) is 24.3 Å². The highest BCUT2D eigenvalue weighted by Crippen LogP contribution is 2.31. The van der Waals surface area contributed by atoms with Gasteiger partial charge in [0, 0.05) is 48.8 Å². The van der Waals surface area contributed by atoms with Crippen LogP contribution in [-0.2, 0) is 16.0 Å². The molecule has 14 heteroatoms. The molecule has 1 saturated heterocycles. The molecule has 3 heterocycles. The summed E-state index contributed by atoms with van der Waals surface area (Å²) < 4.78 is 5.85. The molecule has 1 fully saturated rings. The van der Waals surface area contributed by atoms with E-state index in [4.69, 9.17) is 10.5 Å². The van der Waals surface area contributed by atoms with Crippen molar-refractivity contribution in [2.45, 2.75) is 44.6 Å². The fraction of sp³-hybridized carbons (Fsp3) is 0.270. The van der Waals surface area contributed by atoms with Crippen LogP contribution in [0.15, 0.2) is 72.8 Å². The van der Waals surface area contributed by atoms with Crippen molar-refractivity contribution < 1.29 is 33.8 Å². The van der Waals surface area contributed by atoms with Crippen LogP contribution in [0.5, 0.6) is 11.5 Å². The van der Waals surface area contributed by atoms with E-state index in [9.17, 15) is 29.1 Å². The van der Waals surface area contributed by atoms with Crippen LogP contribution in [0.4, 0.5) is 11.5 Å². The fourth-order valence-electron chi connectivity index (χ4n) is 5.97. The lowest BCUT2D eigenvalue weighted by atomic mass is 10.0. The molecule has 0 saturated carbocycles. The number of phenols is 1. The summed E-state index contributed by atoms with van der Waals surface area (Å²) in [6, 6.07) is 19.6. The average molecular weight is 692 g/mol. The second kappa shape index (κ2) is 15.5. The largest absolute Gasteiger partial charge is 0.507 e. The highest BCUT2D eigenvalue weighted by atomic mass is 16.5. The van der Waals surface area contributed by atoms with E-state index in [1.807, 2.05) is 12.1 Å². The lowest BCUT2D eigenvalue weighted by Crippen LogP contribution is -2.54. The van der Waals surface area contributed by atoms with Crippen molar-refractivity contribution in [2.24, 2.45) is 0 Å². The van der Waals surface area contributed by atoms with E-state index in [2.05, 4.69) is 26.1 Å². The lowest BCUT2D eigenvalue weighted by Gasteiger charge is -2.27. The number of unbranched alkanes of at least 4 members (excludes halogenated alkanes) is 2. The topological polar surface area (TPSA) is 206 Å². The molecule has 0 bridgehead atoms. The Hall–Kier alpha value is -6.31. The first kappa shape index (κ1) is 34.5. The van der Waals surface area contributed by atoms with E-state index in [0.29, 0.717) is 54.4 Å². The number of nitrogen functional groups attached to an aromatic ring is 1. The van der Waals surface area contributed by atoms with Gasteiger partial charge in [-0.25, -0.2) is 0 Å². The van der Waals surface area contributed by atoms with Gasteiger partial charge in [-0.2, -0.15) is 0 Å². The molecular weight excluding hydrogens is 654 g/mol. The number of carbonyl (C=O) groups is 5. The number of nitrogens with zero attached hydrogens (tertiary/aromatic N) is 3. The highest BCUT2D eigenvalue weighted by molar-refractivity contribution is 6.23. The number of aromatic hydroxyl groups is 1. The molecule has 3 aromatic carbocycles. The minimum absolute atomic E-state index is 0.0691. The zero-order valence-corrected chi connectivity index (χ0v) is 27.7. The van der Waals surface area contributed by atoms with Crippen LogP contribution >= 0.6 is 0 Å². The van der Waals surface area contributed by atoms with E-state index < -0.39 is 29.7 Å². The number of ether oxygens (including phenoxy) is 1. The Bertz CT molecular complexity index is 1980. The lowest BCUT2D eigenvalue weighted by molar-refractivity contribution is -0.136. The molecule has 1 unspecified atom stereocenters. The van der Waals surface area contributed by atoms with Crippen LogP contribution in [0.1, 0.15) is 68.7 Å². The molecule has 1 atom stereocenters. The van der Waals surface area contributed by atoms with Gasteiger partial charge in [0.2, 0.25) is 11.8 Å². The number of hydrogen-bond donors (Lipinski definition) is 5. The number of fused-ring (bicyclic) bond motifs is 1. The first-order valence-electron chi connectivity index (χ1n) is 16.7. The zero-order valence-electron chi connectivity index (χ0n) is 27.7. The maximum absolute atomic E-state index is 13.0. The monoisotopic (exact) mass is 691 g/mol. The van der Waals surface area contributed by atoms with E-state index in [0.717, 1.165) is 29.7 Å². The molecule has 51 heavy (non-hydrogen) atoms. The summed E-state index contributed by atoms with van der Waals surface area (Å²) in [6.45, 7) is 1.47. The summed E-state index contributed by atoms with van der Waals surface area (Å²) in [5.74, 6) is -1.70. The van der Waals surface area contributed by atoms with Crippen LogP contribution in [-0.4, -0.2) is 75.5 Å². The molecule has 4 aromatic rings. The number of nitrogens with one attached hydrogen (secondary N) is 3. The van der Waals surface area contributed by atoms with Crippen molar-refractivity contribution in [3.8, 4) is 22.8 Å². The Kier molecular flexibility index (Phi) is 10.5. The van der Waals surface area contributed by atoms with Gasteiger partial charge < -0.3 is 26.2 Å². The summed E-state index contributed by atoms with van der Waals surface area (Å²) in [6.07, 6.45) is 3.20. The number of amides is 5. The van der Waals surface area contributed by atoms with Crippen LogP contribution in [0, 0.1) is 0 Å². The normalized spacial score (nSPS) is 15.4. The van der Waals surface area contributed by atoms with Crippen molar-refractivity contribution in [2.75, 3.05) is 30.7 Å². The minimum Gasteiger partial charge on any atom is -0.507 e. The number of para-hydroxylation sites is 1. The molecule has 14 nitrogen and oxygen atoms in total. The fourth-order valence-corrected chi connectivity index (χ4v) is 5.97. The molecule has 262 valence electrons. The van der Waals surface area contributed by atoms with Crippen molar-refractivity contribution in [1.29, 1.82) is 0 Å². The smallest absolute Gasteiger partial charge is 0.262 e. The number of anilines is 2. The Morgan fingerprint density at radius 2 is 1.67 bits per heavy atom. The van der Waals surface area contributed by atoms with Gasteiger partial charge in [0.25, 0.3) is 17.7 Å². The third-order valence-electron chi connectivity index (χ3n) is 8.74. The number of piperidine rings is 1. The first-order chi connectivity index (χ1) is 24.7. The number of carbonyl (C=O) groups excluding carboxylic acids is 5. The maximum Gasteiger partial charge on any atom is 0.262 e. The van der Waals surface area contributed by atoms with E-state index >= 15 is 0 Å². The number of aromatic nitrogens is 2. The Morgan fingerprint density at radius 1 is 0.902 bits per heavy atom. The summed E-state index contributed by atoms with van der Waals surface area (Å²) in [5, 5.41) is 26.5. The highest BCUT2D eigenvalue weighted by Gasteiger charge is 2.44. The Morgan fingerprint density at radius 3 is 2.45 bits per heavy atom. The number of nitrogens with two attached hydrogens (primary N) is 1. The summed E-state index contributed by atoms with van der Waals surface area (Å²) in [5.41, 5.74) is 9.59. The maximum atomic E-state index is 13.0. The van der Waals surface area contributed by atoms with Gasteiger partial charge in [-0.05, 0) is 73.7 Å². The third kappa shape index (κ3) is 7.96. The number of rotatable bonds is 14. The number of imide groups is 2. The molecule has 1 aromatic heterocycles. The predicted octanol–water partition coefficient (Wildman–Crippen LogP) is 3.47. The molecule has 6 N–H and O–H groups in total. The van der Waals surface area contributed by atoms with E-state index in [1.54, 1.807) is 60.7 Å². The van der Waals surface area contributed by atoms with Gasteiger partial charge in [-0.3, -0.25) is 34.2 Å². The molecule has 2 aliphatic heterocycles. The van der Waals surface area contributed by atoms with Gasteiger partial charge in [-0.15, -0.1) is 10.2 Å². The van der Waals surface area contributed by atoms with Gasteiger partial charge in [0.05, 0.1) is 17.7 Å². The molecule has 0 radical (unpaired) electrons. The van der Waals surface area contributed by atoms with Crippen LogP contribution < -0.4 is 26.4 Å². The van der Waals surface area contributed by atoms with Gasteiger partial charge >= 0.3 is 0 Å². The number of phenolic OH excluding ortho intramolecular Hbond substituents is 1. The Balaban J connectivity index is 0.884. The SMILES string of the molecule is Nc1nnc(-c2ccccc2O)cc1OCCc1ccc(C(=O)NCCCCCNc2ccc3c(c2)C(=O)N(C2CCC(=O)NC2=O)C3=O)cc1. The minimum atomic E-state index is -0.998. The number of benzene rings is 3.